The van der Waals surface area contributed by atoms with Crippen molar-refractivity contribution >= 4 is 33.0 Å². The van der Waals surface area contributed by atoms with E-state index < -0.39 is 11.4 Å². The molecule has 0 aliphatic heterocycles. The fourth-order valence-corrected chi connectivity index (χ4v) is 5.20. The molecule has 2 aliphatic carbocycles. The van der Waals surface area contributed by atoms with E-state index in [4.69, 9.17) is 4.40 Å². The third kappa shape index (κ3) is 3.34. The summed E-state index contributed by atoms with van der Waals surface area (Å²) in [7, 11) is 0. The van der Waals surface area contributed by atoms with Gasteiger partial charge in [-0.3, -0.25) is 0 Å². The van der Waals surface area contributed by atoms with Gasteiger partial charge in [0.15, 0.2) is 0 Å². The summed E-state index contributed by atoms with van der Waals surface area (Å²) in [6, 6.07) is 6.50. The molecule has 3 rings (SSSR count). The van der Waals surface area contributed by atoms with Crippen LogP contribution in [0.25, 0.3) is 0 Å². The highest BCUT2D eigenvalue weighted by Gasteiger charge is 2.48. The normalized spacial score (nSPS) is 33.0. The molecule has 0 bridgehead atoms. The van der Waals surface area contributed by atoms with Crippen molar-refractivity contribution in [2.24, 2.45) is 21.6 Å². The first-order valence-electron chi connectivity index (χ1n) is 8.92. The second kappa shape index (κ2) is 6.44. The van der Waals surface area contributed by atoms with Crippen LogP contribution in [-0.2, 0) is 17.8 Å². The number of fused-ring (bicyclic) bond motifs is 1. The lowest BCUT2D eigenvalue weighted by molar-refractivity contribution is 0.169. The minimum Gasteiger partial charge on any atom is -0.591 e. The SMILES string of the molecule is C[C@H]1CC[C@@]2(Cc3ccc(Br)cc3/C2=N\[S@@+]([O-])C(C)(C)C)C[C@@H]1C. The quantitative estimate of drug-likeness (QED) is 0.547. The summed E-state index contributed by atoms with van der Waals surface area (Å²) in [5.41, 5.74) is 3.76. The zero-order chi connectivity index (χ0) is 17.7. The van der Waals surface area contributed by atoms with E-state index in [9.17, 15) is 4.55 Å². The molecule has 0 N–H and O–H groups in total. The van der Waals surface area contributed by atoms with Gasteiger partial charge >= 0.3 is 0 Å². The van der Waals surface area contributed by atoms with Crippen LogP contribution >= 0.6 is 15.9 Å². The van der Waals surface area contributed by atoms with Crippen molar-refractivity contribution < 1.29 is 4.55 Å². The molecule has 1 saturated carbocycles. The zero-order valence-corrected chi connectivity index (χ0v) is 17.8. The summed E-state index contributed by atoms with van der Waals surface area (Å²) < 4.78 is 18.4. The predicted octanol–water partition coefficient (Wildman–Crippen LogP) is 5.70. The zero-order valence-electron chi connectivity index (χ0n) is 15.4. The van der Waals surface area contributed by atoms with Gasteiger partial charge in [-0.15, -0.1) is 0 Å². The predicted molar refractivity (Wildman–Crippen MR) is 107 cm³/mol. The van der Waals surface area contributed by atoms with Gasteiger partial charge in [-0.25, -0.2) is 0 Å². The fraction of sp³-hybridized carbons (Fsp3) is 0.650. The van der Waals surface area contributed by atoms with Crippen LogP contribution < -0.4 is 0 Å². The minimum atomic E-state index is -1.22. The Morgan fingerprint density at radius 2 is 1.96 bits per heavy atom. The van der Waals surface area contributed by atoms with E-state index in [0.29, 0.717) is 5.92 Å². The van der Waals surface area contributed by atoms with Crippen molar-refractivity contribution in [3.63, 3.8) is 0 Å². The standard InChI is InChI=1S/C20H28BrNOS/c1-13-8-9-20(11-14(13)2)12-15-6-7-16(21)10-17(15)18(20)22-24(23)19(3,4)5/h6-7,10,13-14H,8-9,11-12H2,1-5H3/b22-18+/t13-,14-,20-,24-/m0/s1. The van der Waals surface area contributed by atoms with Crippen LogP contribution in [0.5, 0.6) is 0 Å². The molecule has 1 aromatic carbocycles. The summed E-state index contributed by atoms with van der Waals surface area (Å²) in [5.74, 6) is 1.45. The molecule has 0 radical (unpaired) electrons. The second-order valence-electron chi connectivity index (χ2n) is 8.76. The van der Waals surface area contributed by atoms with Crippen LogP contribution in [-0.4, -0.2) is 15.0 Å². The maximum absolute atomic E-state index is 12.8. The Morgan fingerprint density at radius 3 is 2.58 bits per heavy atom. The van der Waals surface area contributed by atoms with Gasteiger partial charge in [0.05, 0.1) is 0 Å². The fourth-order valence-electron chi connectivity index (χ4n) is 4.11. The lowest BCUT2D eigenvalue weighted by Gasteiger charge is -2.40. The van der Waals surface area contributed by atoms with Gasteiger partial charge in [0, 0.05) is 15.5 Å². The molecule has 1 fully saturated rings. The molecular weight excluding hydrogens is 382 g/mol. The van der Waals surface area contributed by atoms with Crippen LogP contribution in [0.3, 0.4) is 0 Å². The molecule has 0 aromatic heterocycles. The van der Waals surface area contributed by atoms with Gasteiger partial charge in [-0.05, 0) is 76.0 Å². The Bertz CT molecular complexity index is 666. The summed E-state index contributed by atoms with van der Waals surface area (Å²) in [6.07, 6.45) is 4.59. The van der Waals surface area contributed by atoms with Crippen molar-refractivity contribution in [2.45, 2.75) is 65.0 Å². The van der Waals surface area contributed by atoms with Crippen molar-refractivity contribution in [3.8, 4) is 0 Å². The molecule has 1 spiro atoms. The van der Waals surface area contributed by atoms with Crippen LogP contribution in [0.15, 0.2) is 27.1 Å². The van der Waals surface area contributed by atoms with Crippen molar-refractivity contribution in [1.29, 1.82) is 0 Å². The number of hydrogen-bond acceptors (Lipinski definition) is 2. The molecular formula is C20H28BrNOS. The minimum absolute atomic E-state index is 0.0793. The van der Waals surface area contributed by atoms with Crippen LogP contribution in [0.4, 0.5) is 0 Å². The van der Waals surface area contributed by atoms with E-state index in [0.717, 1.165) is 35.4 Å². The summed E-state index contributed by atoms with van der Waals surface area (Å²) >= 11 is 2.39. The number of halogens is 1. The van der Waals surface area contributed by atoms with Gasteiger partial charge in [-0.2, -0.15) is 0 Å². The Morgan fingerprint density at radius 1 is 1.25 bits per heavy atom. The topological polar surface area (TPSA) is 35.4 Å². The molecule has 0 heterocycles. The molecule has 0 amide bonds. The van der Waals surface area contributed by atoms with Crippen molar-refractivity contribution in [1.82, 2.24) is 0 Å². The van der Waals surface area contributed by atoms with E-state index in [1.165, 1.54) is 17.5 Å². The van der Waals surface area contributed by atoms with Crippen molar-refractivity contribution in [2.75, 3.05) is 0 Å². The summed E-state index contributed by atoms with van der Waals surface area (Å²) in [5, 5.41) is 0. The van der Waals surface area contributed by atoms with E-state index >= 15 is 0 Å². The Balaban J connectivity index is 2.08. The van der Waals surface area contributed by atoms with E-state index in [-0.39, 0.29) is 10.2 Å². The van der Waals surface area contributed by atoms with Crippen LogP contribution in [0, 0.1) is 17.3 Å². The first kappa shape index (κ1) is 18.5. The Labute approximate surface area is 158 Å². The lowest BCUT2D eigenvalue weighted by Crippen LogP contribution is -2.38. The van der Waals surface area contributed by atoms with Gasteiger partial charge in [0.2, 0.25) is 0 Å². The second-order valence-corrected chi connectivity index (χ2v) is 11.6. The summed E-state index contributed by atoms with van der Waals surface area (Å²) in [4.78, 5) is 0. The lowest BCUT2D eigenvalue weighted by atomic mass is 9.64. The Kier molecular flexibility index (Phi) is 4.96. The van der Waals surface area contributed by atoms with E-state index in [2.05, 4.69) is 48.0 Å². The number of hydrogen-bond donors (Lipinski definition) is 0. The summed E-state index contributed by atoms with van der Waals surface area (Å²) in [6.45, 7) is 10.7. The Hall–Kier alpha value is -0.320. The number of rotatable bonds is 1. The third-order valence-electron chi connectivity index (χ3n) is 5.82. The highest BCUT2D eigenvalue weighted by atomic mass is 79.9. The van der Waals surface area contributed by atoms with Crippen LogP contribution in [0.1, 0.15) is 65.0 Å². The van der Waals surface area contributed by atoms with Gasteiger partial charge in [0.1, 0.15) is 21.8 Å². The first-order chi connectivity index (χ1) is 11.1. The highest BCUT2D eigenvalue weighted by molar-refractivity contribution is 9.10. The maximum atomic E-state index is 12.8. The largest absolute Gasteiger partial charge is 0.591 e. The van der Waals surface area contributed by atoms with Gasteiger partial charge in [0.25, 0.3) is 0 Å². The van der Waals surface area contributed by atoms with Crippen LogP contribution in [0.2, 0.25) is 0 Å². The third-order valence-corrected chi connectivity index (χ3v) is 7.71. The first-order valence-corrected chi connectivity index (χ1v) is 10.8. The molecule has 4 atom stereocenters. The molecule has 1 aromatic rings. The molecule has 2 aliphatic rings. The maximum Gasteiger partial charge on any atom is 0.144 e. The molecule has 132 valence electrons. The average Bonchev–Trinajstić information content (AvgIpc) is 2.76. The van der Waals surface area contributed by atoms with Gasteiger partial charge < -0.3 is 4.55 Å². The van der Waals surface area contributed by atoms with E-state index in [1.54, 1.807) is 0 Å². The number of benzene rings is 1. The molecule has 24 heavy (non-hydrogen) atoms. The average molecular weight is 410 g/mol. The molecule has 2 nitrogen and oxygen atoms in total. The molecule has 0 unspecified atom stereocenters. The smallest absolute Gasteiger partial charge is 0.144 e. The highest BCUT2D eigenvalue weighted by Crippen LogP contribution is 2.51. The molecule has 0 saturated heterocycles. The van der Waals surface area contributed by atoms with Gasteiger partial charge in [-0.1, -0.05) is 40.2 Å². The monoisotopic (exact) mass is 409 g/mol. The van der Waals surface area contributed by atoms with E-state index in [1.807, 2.05) is 20.8 Å². The molecule has 4 heteroatoms. The van der Waals surface area contributed by atoms with Crippen molar-refractivity contribution in [3.05, 3.63) is 33.8 Å². The number of nitrogens with zero attached hydrogens (tertiary/aromatic N) is 1.